The number of benzene rings is 1. The van der Waals surface area contributed by atoms with Crippen LogP contribution in [0.25, 0.3) is 0 Å². The molecule has 1 fully saturated rings. The number of methoxy groups -OCH3 is 1. The number of hydrogen-bond donors (Lipinski definition) is 1. The maximum atomic E-state index is 13.5. The zero-order chi connectivity index (χ0) is 10.8. The molecule has 2 rings (SSSR count). The minimum atomic E-state index is -0.301. The Balaban J connectivity index is 2.46. The summed E-state index contributed by atoms with van der Waals surface area (Å²) in [5, 5.41) is 3.34. The van der Waals surface area contributed by atoms with Gasteiger partial charge in [-0.05, 0) is 31.5 Å². The molecule has 0 bridgehead atoms. The normalized spacial score (nSPS) is 20.6. The number of hydrogen-bond acceptors (Lipinski definition) is 2. The van der Waals surface area contributed by atoms with Gasteiger partial charge in [0.15, 0.2) is 11.6 Å². The van der Waals surface area contributed by atoms with E-state index in [-0.39, 0.29) is 11.9 Å². The van der Waals surface area contributed by atoms with Crippen LogP contribution in [-0.4, -0.2) is 13.7 Å². The van der Waals surface area contributed by atoms with Gasteiger partial charge in [-0.3, -0.25) is 0 Å². The average molecular weight is 274 g/mol. The lowest BCUT2D eigenvalue weighted by molar-refractivity contribution is 0.375. The second-order valence-electron chi connectivity index (χ2n) is 3.63. The van der Waals surface area contributed by atoms with Crippen molar-refractivity contribution >= 4 is 15.9 Å². The van der Waals surface area contributed by atoms with E-state index in [0.29, 0.717) is 5.75 Å². The van der Waals surface area contributed by atoms with Crippen molar-refractivity contribution in [1.29, 1.82) is 0 Å². The molecule has 15 heavy (non-hydrogen) atoms. The maximum Gasteiger partial charge on any atom is 0.165 e. The number of ether oxygens (including phenoxy) is 1. The Labute approximate surface area is 96.9 Å². The summed E-state index contributed by atoms with van der Waals surface area (Å²) in [7, 11) is 1.50. The molecule has 0 radical (unpaired) electrons. The molecule has 1 aromatic rings. The molecule has 0 amide bonds. The van der Waals surface area contributed by atoms with Crippen molar-refractivity contribution < 1.29 is 9.13 Å². The van der Waals surface area contributed by atoms with Crippen LogP contribution in [0.4, 0.5) is 4.39 Å². The first-order valence-electron chi connectivity index (χ1n) is 4.99. The van der Waals surface area contributed by atoms with E-state index < -0.39 is 0 Å². The van der Waals surface area contributed by atoms with Gasteiger partial charge in [0.1, 0.15) is 0 Å². The summed E-state index contributed by atoms with van der Waals surface area (Å²) >= 11 is 3.45. The lowest BCUT2D eigenvalue weighted by atomic mass is 10.0. The van der Waals surface area contributed by atoms with Gasteiger partial charge >= 0.3 is 0 Å². The van der Waals surface area contributed by atoms with Gasteiger partial charge in [0.05, 0.1) is 7.11 Å². The highest BCUT2D eigenvalue weighted by Gasteiger charge is 2.24. The van der Waals surface area contributed by atoms with Crippen LogP contribution >= 0.6 is 15.9 Å². The first kappa shape index (κ1) is 10.9. The van der Waals surface area contributed by atoms with E-state index in [2.05, 4.69) is 21.2 Å². The van der Waals surface area contributed by atoms with Crippen molar-refractivity contribution in [2.75, 3.05) is 13.7 Å². The largest absolute Gasteiger partial charge is 0.493 e. The van der Waals surface area contributed by atoms with Crippen LogP contribution in [0.15, 0.2) is 16.6 Å². The van der Waals surface area contributed by atoms with Gasteiger partial charge in [-0.25, -0.2) is 4.39 Å². The van der Waals surface area contributed by atoms with E-state index in [9.17, 15) is 4.39 Å². The van der Waals surface area contributed by atoms with Crippen LogP contribution in [0.5, 0.6) is 5.75 Å². The molecule has 0 spiro atoms. The summed E-state index contributed by atoms with van der Waals surface area (Å²) in [5.74, 6) is 0.0492. The van der Waals surface area contributed by atoms with Crippen molar-refractivity contribution in [3.63, 3.8) is 0 Å². The predicted octanol–water partition coefficient (Wildman–Crippen LogP) is 3.02. The van der Waals surface area contributed by atoms with Gasteiger partial charge in [-0.15, -0.1) is 0 Å². The smallest absolute Gasteiger partial charge is 0.165 e. The third-order valence-corrected chi connectivity index (χ3v) is 3.40. The summed E-state index contributed by atoms with van der Waals surface area (Å²) in [6, 6.07) is 3.35. The van der Waals surface area contributed by atoms with Crippen LogP contribution in [0.3, 0.4) is 0 Å². The second kappa shape index (κ2) is 4.49. The Kier molecular flexibility index (Phi) is 3.26. The fourth-order valence-electron chi connectivity index (χ4n) is 2.01. The first-order chi connectivity index (χ1) is 7.24. The monoisotopic (exact) mass is 273 g/mol. The molecular formula is C11H13BrFNO. The van der Waals surface area contributed by atoms with Gasteiger partial charge in [0.2, 0.25) is 0 Å². The van der Waals surface area contributed by atoms with E-state index in [0.717, 1.165) is 29.4 Å². The van der Waals surface area contributed by atoms with E-state index in [1.807, 2.05) is 0 Å². The Morgan fingerprint density at radius 2 is 2.33 bits per heavy atom. The fourth-order valence-corrected chi connectivity index (χ4v) is 2.60. The molecule has 82 valence electrons. The van der Waals surface area contributed by atoms with E-state index >= 15 is 0 Å². The highest BCUT2D eigenvalue weighted by Crippen LogP contribution is 2.37. The Hall–Kier alpha value is -0.610. The molecular weight excluding hydrogens is 261 g/mol. The minimum absolute atomic E-state index is 0.199. The number of rotatable bonds is 2. The molecule has 1 aromatic carbocycles. The topological polar surface area (TPSA) is 21.3 Å². The molecule has 1 saturated heterocycles. The molecule has 0 aliphatic carbocycles. The summed E-state index contributed by atoms with van der Waals surface area (Å²) in [5.41, 5.74) is 0.898. The molecule has 1 aliphatic heterocycles. The molecule has 1 unspecified atom stereocenters. The maximum absolute atomic E-state index is 13.5. The van der Waals surface area contributed by atoms with Gasteiger partial charge in [0.25, 0.3) is 0 Å². The Bertz CT molecular complexity index is 364. The second-order valence-corrected chi connectivity index (χ2v) is 4.48. The number of nitrogens with one attached hydrogen (secondary N) is 1. The minimum Gasteiger partial charge on any atom is -0.493 e. The zero-order valence-corrected chi connectivity index (χ0v) is 10.1. The third kappa shape index (κ3) is 2.01. The molecule has 1 N–H and O–H groups in total. The molecule has 1 heterocycles. The summed E-state index contributed by atoms with van der Waals surface area (Å²) in [6.45, 7) is 0.983. The fraction of sp³-hybridized carbons (Fsp3) is 0.455. The van der Waals surface area contributed by atoms with Gasteiger partial charge in [-0.1, -0.05) is 15.9 Å². The van der Waals surface area contributed by atoms with Gasteiger partial charge < -0.3 is 10.1 Å². The van der Waals surface area contributed by atoms with Crippen molar-refractivity contribution in [1.82, 2.24) is 5.32 Å². The lowest BCUT2D eigenvalue weighted by Gasteiger charge is -2.17. The van der Waals surface area contributed by atoms with Crippen LogP contribution < -0.4 is 10.1 Å². The molecule has 1 aliphatic rings. The standard InChI is InChI=1S/C11H13BrFNO/c1-15-11-8(13)5-4-7(12)10(11)9-3-2-6-14-9/h4-5,9,14H,2-3,6H2,1H3. The van der Waals surface area contributed by atoms with Crippen LogP contribution in [0.1, 0.15) is 24.4 Å². The Morgan fingerprint density at radius 3 is 2.93 bits per heavy atom. The zero-order valence-electron chi connectivity index (χ0n) is 8.52. The van der Waals surface area contributed by atoms with Crippen molar-refractivity contribution in [2.24, 2.45) is 0 Å². The van der Waals surface area contributed by atoms with Crippen LogP contribution in [0, 0.1) is 5.82 Å². The van der Waals surface area contributed by atoms with Crippen LogP contribution in [-0.2, 0) is 0 Å². The summed E-state index contributed by atoms with van der Waals surface area (Å²) in [4.78, 5) is 0. The predicted molar refractivity (Wildman–Crippen MR) is 60.6 cm³/mol. The third-order valence-electron chi connectivity index (χ3n) is 2.71. The first-order valence-corrected chi connectivity index (χ1v) is 5.78. The van der Waals surface area contributed by atoms with Crippen molar-refractivity contribution in [3.05, 3.63) is 28.0 Å². The van der Waals surface area contributed by atoms with Crippen molar-refractivity contribution in [3.8, 4) is 5.75 Å². The van der Waals surface area contributed by atoms with Gasteiger partial charge in [0, 0.05) is 16.1 Å². The molecule has 0 aromatic heterocycles. The molecule has 2 nitrogen and oxygen atoms in total. The SMILES string of the molecule is COc1c(F)ccc(Br)c1C1CCCN1. The highest BCUT2D eigenvalue weighted by molar-refractivity contribution is 9.10. The van der Waals surface area contributed by atoms with E-state index in [4.69, 9.17) is 4.74 Å². The lowest BCUT2D eigenvalue weighted by Crippen LogP contribution is -2.15. The summed E-state index contributed by atoms with van der Waals surface area (Å²) in [6.07, 6.45) is 2.15. The molecule has 1 atom stereocenters. The average Bonchev–Trinajstić information content (AvgIpc) is 2.74. The molecule has 0 saturated carbocycles. The summed E-state index contributed by atoms with van der Waals surface area (Å²) < 4.78 is 19.5. The quantitative estimate of drug-likeness (QED) is 0.895. The number of halogens is 2. The van der Waals surface area contributed by atoms with Crippen LogP contribution in [0.2, 0.25) is 0 Å². The highest BCUT2D eigenvalue weighted by atomic mass is 79.9. The van der Waals surface area contributed by atoms with E-state index in [1.54, 1.807) is 6.07 Å². The van der Waals surface area contributed by atoms with E-state index in [1.165, 1.54) is 13.2 Å². The van der Waals surface area contributed by atoms with Gasteiger partial charge in [-0.2, -0.15) is 0 Å². The molecule has 4 heteroatoms. The van der Waals surface area contributed by atoms with Crippen molar-refractivity contribution in [2.45, 2.75) is 18.9 Å². The Morgan fingerprint density at radius 1 is 1.53 bits per heavy atom.